The van der Waals surface area contributed by atoms with Gasteiger partial charge in [0, 0.05) is 141 Å². The van der Waals surface area contributed by atoms with Gasteiger partial charge in [0.15, 0.2) is 5.82 Å². The van der Waals surface area contributed by atoms with E-state index in [1.807, 2.05) is 131 Å². The summed E-state index contributed by atoms with van der Waals surface area (Å²) in [5, 5.41) is 7.99. The number of aromatic nitrogens is 13. The van der Waals surface area contributed by atoms with Crippen LogP contribution in [0.1, 0.15) is 24.3 Å². The maximum absolute atomic E-state index is 12.9. The van der Waals surface area contributed by atoms with Gasteiger partial charge >= 0.3 is 0 Å². The number of nitrogens with zero attached hydrogens (tertiary/aromatic N) is 17. The molecule has 0 aliphatic carbocycles. The molecule has 3 N–H and O–H groups in total. The number of imidazole rings is 2. The Labute approximate surface area is 500 Å². The second-order valence-electron chi connectivity index (χ2n) is 22.8. The van der Waals surface area contributed by atoms with E-state index in [9.17, 15) is 14.4 Å². The number of anilines is 4. The number of hydrogen-bond acceptors (Lipinski definition) is 17. The third-order valence-electron chi connectivity index (χ3n) is 16.5. The minimum absolute atomic E-state index is 0.0695. The van der Waals surface area contributed by atoms with E-state index in [-0.39, 0.29) is 16.7 Å². The lowest BCUT2D eigenvalue weighted by Gasteiger charge is -2.35. The second-order valence-corrected chi connectivity index (χ2v) is 22.8. The maximum atomic E-state index is 12.9. The first kappa shape index (κ1) is 56.3. The third kappa shape index (κ3) is 11.7. The SMILES string of the molecule is CCN1CCN(c2ccc3nc(-c4ccc5nc(C)[nH]c5c4)cc(=O)n3c2)CC1.Cc1cn2nc(-c3cc(=O)n4cc(N5CCNCC5)ccc4n3)cc2c(N(C)C)n1.Cc1nc2ccc(-c3cc(=O)n4cc(N5CCN(C)CC5)ccc4n3)cc2[nH]1. The molecule has 12 aromatic rings. The fourth-order valence-corrected chi connectivity index (χ4v) is 11.7. The lowest BCUT2D eigenvalue weighted by Crippen LogP contribution is -2.46. The molecule has 0 bridgehead atoms. The van der Waals surface area contributed by atoms with Gasteiger partial charge in [0.05, 0.1) is 68.1 Å². The Kier molecular flexibility index (Phi) is 15.2. The van der Waals surface area contributed by atoms with Gasteiger partial charge in [-0.15, -0.1) is 0 Å². The molecule has 15 rings (SSSR count). The van der Waals surface area contributed by atoms with Gasteiger partial charge in [-0.1, -0.05) is 19.1 Å². The Bertz CT molecular complexity index is 4730. The number of piperazine rings is 3. The number of rotatable bonds is 8. The average Bonchev–Trinajstić information content (AvgIpc) is 2.36. The predicted octanol–water partition coefficient (Wildman–Crippen LogP) is 6.17. The van der Waals surface area contributed by atoms with Crippen LogP contribution in [-0.4, -0.2) is 179 Å². The molecule has 3 aliphatic rings. The van der Waals surface area contributed by atoms with Crippen LogP contribution in [0.4, 0.5) is 22.9 Å². The first-order chi connectivity index (χ1) is 42.2. The van der Waals surface area contributed by atoms with Gasteiger partial charge in [-0.05, 0) is 101 Å². The van der Waals surface area contributed by atoms with E-state index in [1.54, 1.807) is 35.9 Å². The lowest BCUT2D eigenvalue weighted by molar-refractivity contribution is 0.271. The number of fused-ring (bicyclic) bond motifs is 6. The maximum Gasteiger partial charge on any atom is 0.258 e. The highest BCUT2D eigenvalue weighted by molar-refractivity contribution is 5.83. The highest BCUT2D eigenvalue weighted by Gasteiger charge is 2.20. The molecule has 3 saturated heterocycles. The van der Waals surface area contributed by atoms with E-state index in [4.69, 9.17) is 15.0 Å². The number of pyridine rings is 3. The summed E-state index contributed by atoms with van der Waals surface area (Å²) < 4.78 is 6.68. The van der Waals surface area contributed by atoms with E-state index in [2.05, 4.69) is 85.9 Å². The van der Waals surface area contributed by atoms with Crippen molar-refractivity contribution in [3.63, 3.8) is 0 Å². The van der Waals surface area contributed by atoms with Gasteiger partial charge < -0.3 is 44.7 Å². The van der Waals surface area contributed by atoms with E-state index >= 15 is 0 Å². The first-order valence-electron chi connectivity index (χ1n) is 29.6. The summed E-state index contributed by atoms with van der Waals surface area (Å²) in [5.74, 6) is 2.57. The smallest absolute Gasteiger partial charge is 0.258 e. The normalized spacial score (nSPS) is 15.2. The Balaban J connectivity index is 0.000000121. The van der Waals surface area contributed by atoms with E-state index in [1.165, 1.54) is 0 Å². The molecular formula is C64H70N20O3. The van der Waals surface area contributed by atoms with Crippen LogP contribution in [-0.2, 0) is 0 Å². The van der Waals surface area contributed by atoms with Crippen molar-refractivity contribution in [3.05, 3.63) is 170 Å². The van der Waals surface area contributed by atoms with Crippen LogP contribution < -0.4 is 41.6 Å². The zero-order valence-corrected chi connectivity index (χ0v) is 50.1. The zero-order chi connectivity index (χ0) is 60.0. The molecule has 0 amide bonds. The summed E-state index contributed by atoms with van der Waals surface area (Å²) in [5.41, 5.74) is 14.6. The molecule has 13 heterocycles. The van der Waals surface area contributed by atoms with Crippen LogP contribution in [0, 0.1) is 20.8 Å². The van der Waals surface area contributed by atoms with Crippen LogP contribution in [0.5, 0.6) is 0 Å². The fourth-order valence-electron chi connectivity index (χ4n) is 11.7. The quantitative estimate of drug-likeness (QED) is 0.155. The van der Waals surface area contributed by atoms with Crippen molar-refractivity contribution in [2.75, 3.05) is 126 Å². The molecule has 23 heteroatoms. The Morgan fingerprint density at radius 2 is 0.943 bits per heavy atom. The van der Waals surface area contributed by atoms with Crippen LogP contribution in [0.25, 0.3) is 78.4 Å². The standard InChI is InChI=1S/C22H24N6O.C21H24N8O.C21H22N6O/c1-3-26-8-10-27(11-9-26)17-5-7-21-25-19(13-22(29)28(21)14-17)16-4-6-18-20(12-16)24-15(2)23-18;1-14-12-29-18(21(23-14)26(2)3)10-17(25-29)16-11-20(30)28-13-15(4-5-19(28)24-16)27-8-6-22-7-9-27;1-14-22-17-5-3-15(11-19(17)23-14)18-12-21(28)27-13-16(4-6-20(27)24-18)26-9-7-25(2)8-10-26/h4-7,12-14H,3,8-11H2,1-2H3,(H,23,24);4-5,10-13,22H,6-9H2,1-3H3;3-6,11-13H,7-10H2,1-2H3,(H,22,23). The molecule has 444 valence electrons. The van der Waals surface area contributed by atoms with Crippen LogP contribution in [0.15, 0.2) is 136 Å². The van der Waals surface area contributed by atoms with Crippen LogP contribution in [0.3, 0.4) is 0 Å². The van der Waals surface area contributed by atoms with Crippen LogP contribution >= 0.6 is 0 Å². The predicted molar refractivity (Wildman–Crippen MR) is 344 cm³/mol. The topological polar surface area (TPSA) is 222 Å². The number of benzene rings is 2. The third-order valence-corrected chi connectivity index (χ3v) is 16.5. The number of nitrogens with one attached hydrogen (secondary N) is 3. The average molecular weight is 1170 g/mol. The zero-order valence-electron chi connectivity index (χ0n) is 50.1. The molecule has 23 nitrogen and oxygen atoms in total. The largest absolute Gasteiger partial charge is 0.368 e. The van der Waals surface area contributed by atoms with Gasteiger partial charge in [-0.25, -0.2) is 34.4 Å². The van der Waals surface area contributed by atoms with Crippen molar-refractivity contribution < 1.29 is 0 Å². The van der Waals surface area contributed by atoms with Gasteiger partial charge in [-0.2, -0.15) is 5.10 Å². The molecule has 87 heavy (non-hydrogen) atoms. The molecule has 0 radical (unpaired) electrons. The van der Waals surface area contributed by atoms with Gasteiger partial charge in [0.2, 0.25) is 0 Å². The Morgan fingerprint density at radius 3 is 1.43 bits per heavy atom. The van der Waals surface area contributed by atoms with E-state index in [0.717, 1.165) is 164 Å². The van der Waals surface area contributed by atoms with E-state index in [0.29, 0.717) is 39.7 Å². The monoisotopic (exact) mass is 1170 g/mol. The lowest BCUT2D eigenvalue weighted by atomic mass is 10.1. The van der Waals surface area contributed by atoms with Crippen molar-refractivity contribution in [1.82, 2.24) is 77.8 Å². The highest BCUT2D eigenvalue weighted by Crippen LogP contribution is 2.27. The molecular weight excluding hydrogens is 1100 g/mol. The van der Waals surface area contributed by atoms with Crippen LogP contribution in [0.2, 0.25) is 0 Å². The van der Waals surface area contributed by atoms with Crippen molar-refractivity contribution in [1.29, 1.82) is 0 Å². The van der Waals surface area contributed by atoms with Gasteiger partial charge in [-0.3, -0.25) is 27.6 Å². The number of aromatic amines is 2. The number of hydrogen-bond donors (Lipinski definition) is 3. The molecule has 3 aliphatic heterocycles. The number of likely N-dealkylation sites (N-methyl/N-ethyl adjacent to an activating group) is 2. The Hall–Kier alpha value is -9.84. The molecule has 10 aromatic heterocycles. The fraction of sp³-hybridized carbons (Fsp3) is 0.312. The summed E-state index contributed by atoms with van der Waals surface area (Å²) in [6, 6.07) is 30.4. The minimum atomic E-state index is -0.119. The molecule has 2 aromatic carbocycles. The van der Waals surface area contributed by atoms with Crippen molar-refractivity contribution in [3.8, 4) is 33.9 Å². The second kappa shape index (κ2) is 23.6. The summed E-state index contributed by atoms with van der Waals surface area (Å²) in [7, 11) is 6.03. The molecule has 0 spiro atoms. The molecule has 0 unspecified atom stereocenters. The van der Waals surface area contributed by atoms with Crippen molar-refractivity contribution in [2.45, 2.75) is 27.7 Å². The Morgan fingerprint density at radius 1 is 0.483 bits per heavy atom. The summed E-state index contributed by atoms with van der Waals surface area (Å²) >= 11 is 0. The van der Waals surface area contributed by atoms with E-state index < -0.39 is 0 Å². The summed E-state index contributed by atoms with van der Waals surface area (Å²) in [4.78, 5) is 86.3. The molecule has 0 saturated carbocycles. The molecule has 0 atom stereocenters. The van der Waals surface area contributed by atoms with Crippen molar-refractivity contribution in [2.24, 2.45) is 0 Å². The van der Waals surface area contributed by atoms with Gasteiger partial charge in [0.25, 0.3) is 16.7 Å². The van der Waals surface area contributed by atoms with Gasteiger partial charge in [0.1, 0.15) is 39.8 Å². The first-order valence-corrected chi connectivity index (χ1v) is 29.6. The number of aryl methyl sites for hydroxylation is 3. The summed E-state index contributed by atoms with van der Waals surface area (Å²) in [6.45, 7) is 20.9. The minimum Gasteiger partial charge on any atom is -0.368 e. The van der Waals surface area contributed by atoms with Crippen molar-refractivity contribution >= 4 is 67.4 Å². The summed E-state index contributed by atoms with van der Waals surface area (Å²) in [6.07, 6.45) is 7.57. The molecule has 3 fully saturated rings. The highest BCUT2D eigenvalue weighted by atomic mass is 16.1. The number of H-pyrrole nitrogens is 2.